The Labute approximate surface area is 374 Å². The molecule has 0 saturated carbocycles. The van der Waals surface area contributed by atoms with Gasteiger partial charge in [-0.1, -0.05) is 6.92 Å². The van der Waals surface area contributed by atoms with Crippen LogP contribution in [0, 0.1) is 5.92 Å². The molecule has 6 aliphatic heterocycles. The Hall–Kier alpha value is -1.16. The monoisotopic (exact) mass is 972 g/mol. The molecule has 0 bridgehead atoms. The summed E-state index contributed by atoms with van der Waals surface area (Å²) in [5, 5.41) is 190. The normalized spacial score (nSPS) is 52.9. The first-order valence-electron chi connectivity index (χ1n) is 21.4. The van der Waals surface area contributed by atoms with Crippen LogP contribution in [0.5, 0.6) is 0 Å². The summed E-state index contributed by atoms with van der Waals surface area (Å²) in [5.41, 5.74) is 0. The van der Waals surface area contributed by atoms with Crippen molar-refractivity contribution in [3.63, 3.8) is 0 Å². The number of aliphatic hydroxyl groups excluding tert-OH is 18. The lowest BCUT2D eigenvalue weighted by Crippen LogP contribution is -2.68. The Bertz CT molecular complexity index is 1470. The molecule has 0 spiro atoms. The molecule has 1 unspecified atom stereocenters. The van der Waals surface area contributed by atoms with Crippen LogP contribution in [0.25, 0.3) is 0 Å². The zero-order valence-electron chi connectivity index (χ0n) is 35.2. The standard InChI is InChI=1S/C37H64O29/c1-9-2-10(44)33(57-11(9)3-38)62-28-13(5-40)58-35(23(51)18(28)46)64-30-15(7-42)60-37(25(53)20(30)48)66-31-16(8-43)61-36(26(54)21(31)49)65-29-14(6-41)59-34(24(52)19(29)47)63-27-12(4-39)56-32(55)22(50)17(27)45/h9-55H,2-8H2,1H3/t9-,10-,11+,12+,13+,14+,15+,16+,17-,18-,19-,20-,21-,22-,23-,24-,25-,26-,27+,28+,29+,30?,31+,32-,33+,34+,35+,36+,37+/m0/s1. The summed E-state index contributed by atoms with van der Waals surface area (Å²) < 4.78 is 61.3. The average Bonchev–Trinajstić information content (AvgIpc) is 3.30. The molecule has 6 rings (SSSR count). The summed E-state index contributed by atoms with van der Waals surface area (Å²) in [6.45, 7) is -3.31. The predicted octanol–water partition coefficient (Wildman–Crippen LogP) is -11.8. The van der Waals surface area contributed by atoms with Gasteiger partial charge >= 0.3 is 0 Å². The van der Waals surface area contributed by atoms with Gasteiger partial charge in [0.25, 0.3) is 0 Å². The Morgan fingerprint density at radius 2 is 0.561 bits per heavy atom. The van der Waals surface area contributed by atoms with Crippen LogP contribution in [0.15, 0.2) is 0 Å². The van der Waals surface area contributed by atoms with Gasteiger partial charge in [-0.05, 0) is 12.3 Å². The third kappa shape index (κ3) is 11.1. The molecular formula is C37H64O29. The predicted molar refractivity (Wildman–Crippen MR) is 201 cm³/mol. The lowest BCUT2D eigenvalue weighted by Gasteiger charge is -2.49. The van der Waals surface area contributed by atoms with E-state index in [0.29, 0.717) is 0 Å². The van der Waals surface area contributed by atoms with Crippen molar-refractivity contribution < 1.29 is 144 Å². The fourth-order valence-electron chi connectivity index (χ4n) is 8.73. The van der Waals surface area contributed by atoms with Crippen LogP contribution >= 0.6 is 0 Å². The molecule has 6 fully saturated rings. The third-order valence-electron chi connectivity index (χ3n) is 12.6. The van der Waals surface area contributed by atoms with Gasteiger partial charge in [0.05, 0.1) is 45.7 Å². The second-order valence-electron chi connectivity index (χ2n) is 17.1. The zero-order chi connectivity index (χ0) is 48.5. The van der Waals surface area contributed by atoms with Crippen LogP contribution in [0.4, 0.5) is 0 Å². The summed E-state index contributed by atoms with van der Waals surface area (Å²) in [6, 6.07) is 0. The Morgan fingerprint density at radius 3 is 0.848 bits per heavy atom. The minimum atomic E-state index is -2.14. The van der Waals surface area contributed by atoms with Crippen LogP contribution in [0.1, 0.15) is 13.3 Å². The topological polar surface area (TPSA) is 466 Å². The molecule has 0 aromatic heterocycles. The van der Waals surface area contributed by atoms with E-state index in [1.807, 2.05) is 0 Å². The number of hydrogen-bond acceptors (Lipinski definition) is 29. The minimum absolute atomic E-state index is 0.147. The van der Waals surface area contributed by atoms with Gasteiger partial charge in [-0.25, -0.2) is 0 Å². The van der Waals surface area contributed by atoms with E-state index in [4.69, 9.17) is 52.1 Å². The SMILES string of the molecule is C[C@H]1C[C@H](O)[C@@H](O[C@H]2[C@@H](O)[C@H](O)[C@@H](OC3[C@@H](O)[C@H](O)[C@@H](O[C@H]4[C@@H](O)[C@H](O)[C@@H](O[C@H]5[C@@H](O)[C@H](O)[C@@H](O[C@H]6[C@@H](O)[C@H](O)[C@@H](O)O[C@@H]6CO)O[C@@H]5CO)O[C@@H]4CO)O[C@@H]3CO)O[C@@H]2CO)O[C@@H]1CO. The van der Waals surface area contributed by atoms with E-state index in [-0.39, 0.29) is 12.3 Å². The van der Waals surface area contributed by atoms with Gasteiger partial charge in [0.1, 0.15) is 128 Å². The lowest BCUT2D eigenvalue weighted by atomic mass is 9.93. The van der Waals surface area contributed by atoms with E-state index in [1.54, 1.807) is 6.92 Å². The van der Waals surface area contributed by atoms with Crippen LogP contribution in [-0.4, -0.2) is 304 Å². The molecule has 6 saturated heterocycles. The van der Waals surface area contributed by atoms with Gasteiger partial charge in [-0.3, -0.25) is 0 Å². The summed E-state index contributed by atoms with van der Waals surface area (Å²) in [4.78, 5) is 0. The molecule has 29 heteroatoms. The Morgan fingerprint density at radius 1 is 0.318 bits per heavy atom. The van der Waals surface area contributed by atoms with Crippen LogP contribution in [0.3, 0.4) is 0 Å². The Balaban J connectivity index is 1.07. The molecule has 0 aliphatic carbocycles. The largest absolute Gasteiger partial charge is 0.394 e. The Kier molecular flexibility index (Phi) is 19.2. The van der Waals surface area contributed by atoms with Crippen molar-refractivity contribution in [2.24, 2.45) is 5.92 Å². The summed E-state index contributed by atoms with van der Waals surface area (Å²) in [7, 11) is 0. The minimum Gasteiger partial charge on any atom is -0.394 e. The van der Waals surface area contributed by atoms with E-state index in [2.05, 4.69) is 0 Å². The van der Waals surface area contributed by atoms with E-state index < -0.39 is 212 Å². The molecule has 0 amide bonds. The first-order chi connectivity index (χ1) is 31.3. The molecule has 29 atom stereocenters. The van der Waals surface area contributed by atoms with Gasteiger partial charge < -0.3 is 144 Å². The van der Waals surface area contributed by atoms with Crippen molar-refractivity contribution in [3.8, 4) is 0 Å². The highest BCUT2D eigenvalue weighted by Gasteiger charge is 2.57. The van der Waals surface area contributed by atoms with Gasteiger partial charge in [-0.15, -0.1) is 0 Å². The second-order valence-corrected chi connectivity index (χ2v) is 17.1. The summed E-state index contributed by atoms with van der Waals surface area (Å²) in [5.74, 6) is -0.260. The average molecular weight is 973 g/mol. The van der Waals surface area contributed by atoms with Crippen molar-refractivity contribution in [2.75, 3.05) is 39.6 Å². The molecule has 66 heavy (non-hydrogen) atoms. The third-order valence-corrected chi connectivity index (χ3v) is 12.6. The molecule has 386 valence electrons. The van der Waals surface area contributed by atoms with Crippen molar-refractivity contribution in [2.45, 2.75) is 185 Å². The first-order valence-corrected chi connectivity index (χ1v) is 21.4. The van der Waals surface area contributed by atoms with Crippen molar-refractivity contribution in [3.05, 3.63) is 0 Å². The number of hydrogen-bond donors (Lipinski definition) is 18. The van der Waals surface area contributed by atoms with Gasteiger partial charge in [0.2, 0.25) is 0 Å². The molecule has 0 radical (unpaired) electrons. The quantitative estimate of drug-likeness (QED) is 0.0683. The highest BCUT2D eigenvalue weighted by Crippen LogP contribution is 2.37. The summed E-state index contributed by atoms with van der Waals surface area (Å²) >= 11 is 0. The van der Waals surface area contributed by atoms with Gasteiger partial charge in [0.15, 0.2) is 37.7 Å². The highest BCUT2D eigenvalue weighted by atomic mass is 16.8. The molecule has 6 heterocycles. The molecule has 0 aromatic rings. The highest BCUT2D eigenvalue weighted by molar-refractivity contribution is 4.99. The number of ether oxygens (including phenoxy) is 11. The van der Waals surface area contributed by atoms with Gasteiger partial charge in [0, 0.05) is 0 Å². The van der Waals surface area contributed by atoms with Crippen molar-refractivity contribution in [1.82, 2.24) is 0 Å². The first kappa shape index (κ1) is 54.2. The fraction of sp³-hybridized carbons (Fsp3) is 1.00. The van der Waals surface area contributed by atoms with E-state index in [0.717, 1.165) is 0 Å². The second kappa shape index (κ2) is 23.4. The van der Waals surface area contributed by atoms with Crippen LogP contribution in [-0.2, 0) is 52.1 Å². The number of rotatable bonds is 16. The fourth-order valence-corrected chi connectivity index (χ4v) is 8.73. The molecule has 0 aromatic carbocycles. The smallest absolute Gasteiger partial charge is 0.187 e. The number of aliphatic hydroxyl groups is 18. The van der Waals surface area contributed by atoms with E-state index in [1.165, 1.54) is 0 Å². The maximum Gasteiger partial charge on any atom is 0.187 e. The maximum absolute atomic E-state index is 11.2. The zero-order valence-corrected chi connectivity index (χ0v) is 35.2. The van der Waals surface area contributed by atoms with E-state index in [9.17, 15) is 91.9 Å². The van der Waals surface area contributed by atoms with Crippen molar-refractivity contribution >= 4 is 0 Å². The molecule has 18 N–H and O–H groups in total. The summed E-state index contributed by atoms with van der Waals surface area (Å²) in [6.07, 6.45) is -49.6. The van der Waals surface area contributed by atoms with E-state index >= 15 is 0 Å². The molecule has 29 nitrogen and oxygen atoms in total. The van der Waals surface area contributed by atoms with Gasteiger partial charge in [-0.2, -0.15) is 0 Å². The lowest BCUT2D eigenvalue weighted by molar-refractivity contribution is -0.395. The van der Waals surface area contributed by atoms with Crippen LogP contribution in [0.2, 0.25) is 0 Å². The molecule has 6 aliphatic rings. The van der Waals surface area contributed by atoms with Crippen LogP contribution < -0.4 is 0 Å². The van der Waals surface area contributed by atoms with Crippen molar-refractivity contribution in [1.29, 1.82) is 0 Å². The molecular weight excluding hydrogens is 908 g/mol. The maximum atomic E-state index is 11.2.